The number of nitrogen functional groups attached to an aromatic ring is 1. The minimum atomic E-state index is -1.07. The van der Waals surface area contributed by atoms with Crippen LogP contribution in [0.4, 0.5) is 5.82 Å². The molecule has 0 aromatic carbocycles. The Morgan fingerprint density at radius 3 is 2.37 bits per heavy atom. The molecule has 0 radical (unpaired) electrons. The maximum absolute atomic E-state index is 12.3. The maximum Gasteiger partial charge on any atom is 0.500 e. The molecule has 2 N–H and O–H groups in total. The summed E-state index contributed by atoms with van der Waals surface area (Å²) >= 11 is -1.07. The SMILES string of the molecule is CC(C)[S+]([O-])N1CC(CC#N)(n2cc(B3OC(C)(C)C(C)(C)O3)c(N)n2)C1. The molecule has 3 heterocycles. The van der Waals surface area contributed by atoms with Gasteiger partial charge >= 0.3 is 7.12 Å². The smallest absolute Gasteiger partial charge is 0.500 e. The molecule has 2 aliphatic rings. The van der Waals surface area contributed by atoms with Crippen molar-refractivity contribution in [2.24, 2.45) is 0 Å². The predicted molar refractivity (Wildman–Crippen MR) is 105 cm³/mol. The largest absolute Gasteiger partial charge is 0.598 e. The number of rotatable bonds is 5. The number of nitrogens with zero attached hydrogens (tertiary/aromatic N) is 4. The Morgan fingerprint density at radius 2 is 1.89 bits per heavy atom. The van der Waals surface area contributed by atoms with E-state index in [9.17, 15) is 9.81 Å². The monoisotopic (exact) mass is 393 g/mol. The van der Waals surface area contributed by atoms with Gasteiger partial charge in [0.05, 0.1) is 36.8 Å². The van der Waals surface area contributed by atoms with E-state index in [-0.39, 0.29) is 11.7 Å². The summed E-state index contributed by atoms with van der Waals surface area (Å²) < 4.78 is 28.1. The molecule has 0 bridgehead atoms. The first kappa shape index (κ1) is 20.5. The van der Waals surface area contributed by atoms with Crippen molar-refractivity contribution in [1.82, 2.24) is 14.1 Å². The van der Waals surface area contributed by atoms with Crippen molar-refractivity contribution in [2.75, 3.05) is 18.8 Å². The van der Waals surface area contributed by atoms with Crippen LogP contribution in [0, 0.1) is 11.3 Å². The molecule has 1 atom stereocenters. The molecule has 0 aliphatic carbocycles. The number of nitriles is 1. The summed E-state index contributed by atoms with van der Waals surface area (Å²) in [5.74, 6) is 0.328. The van der Waals surface area contributed by atoms with E-state index in [4.69, 9.17) is 15.0 Å². The first-order chi connectivity index (χ1) is 12.4. The Kier molecular flexibility index (Phi) is 5.06. The topological polar surface area (TPSA) is 112 Å². The van der Waals surface area contributed by atoms with E-state index in [0.717, 1.165) is 0 Å². The standard InChI is InChI=1S/C17H28BN5O3S/c1-12(2)27(24)22-10-17(11-22,7-8-19)23-9-13(14(20)21-23)18-25-15(3,4)16(5,6)26-18/h9,12H,7,10-11H2,1-6H3,(H2,20,21). The normalized spacial score (nSPS) is 24.6. The van der Waals surface area contributed by atoms with Crippen LogP contribution in [0.1, 0.15) is 48.0 Å². The second kappa shape index (κ2) is 6.67. The molecule has 0 spiro atoms. The number of hydrogen-bond donors (Lipinski definition) is 1. The maximum atomic E-state index is 12.3. The van der Waals surface area contributed by atoms with E-state index in [1.807, 2.05) is 52.0 Å². The average Bonchev–Trinajstić information content (AvgIpc) is 2.99. The van der Waals surface area contributed by atoms with Crippen LogP contribution in [0.3, 0.4) is 0 Å². The number of aromatic nitrogens is 2. The highest BCUT2D eigenvalue weighted by molar-refractivity contribution is 7.89. The Morgan fingerprint density at radius 1 is 1.33 bits per heavy atom. The van der Waals surface area contributed by atoms with Gasteiger partial charge in [0.2, 0.25) is 0 Å². The Balaban J connectivity index is 1.84. The van der Waals surface area contributed by atoms with Crippen molar-refractivity contribution in [3.63, 3.8) is 0 Å². The molecule has 0 saturated carbocycles. The van der Waals surface area contributed by atoms with Crippen molar-refractivity contribution >= 4 is 29.8 Å². The van der Waals surface area contributed by atoms with Crippen LogP contribution in [0.25, 0.3) is 0 Å². The summed E-state index contributed by atoms with van der Waals surface area (Å²) in [6.07, 6.45) is 2.08. The van der Waals surface area contributed by atoms with Gasteiger partial charge in [-0.05, 0) is 41.5 Å². The van der Waals surface area contributed by atoms with Gasteiger partial charge < -0.3 is 19.6 Å². The van der Waals surface area contributed by atoms with Crippen molar-refractivity contribution in [3.05, 3.63) is 6.20 Å². The minimum absolute atomic E-state index is 0.0353. The third kappa shape index (κ3) is 3.36. The molecule has 2 fully saturated rings. The lowest BCUT2D eigenvalue weighted by atomic mass is 9.80. The molecule has 1 unspecified atom stereocenters. The van der Waals surface area contributed by atoms with Crippen molar-refractivity contribution in [3.8, 4) is 6.07 Å². The first-order valence-corrected chi connectivity index (χ1v) is 10.3. The van der Waals surface area contributed by atoms with Crippen molar-refractivity contribution < 1.29 is 13.9 Å². The zero-order chi connectivity index (χ0) is 20.2. The Hall–Kier alpha value is -1.25. The van der Waals surface area contributed by atoms with Gasteiger partial charge in [-0.25, -0.2) is 0 Å². The quantitative estimate of drug-likeness (QED) is 0.581. The second-order valence-corrected chi connectivity index (χ2v) is 10.7. The van der Waals surface area contributed by atoms with E-state index >= 15 is 0 Å². The molecule has 1 aromatic rings. The van der Waals surface area contributed by atoms with Gasteiger partial charge in [0.1, 0.15) is 16.6 Å². The fraction of sp³-hybridized carbons (Fsp3) is 0.765. The fourth-order valence-corrected chi connectivity index (χ4v) is 4.65. The summed E-state index contributed by atoms with van der Waals surface area (Å²) in [5, 5.41) is 13.8. The summed E-state index contributed by atoms with van der Waals surface area (Å²) in [4.78, 5) is 0. The summed E-state index contributed by atoms with van der Waals surface area (Å²) in [6.45, 7) is 12.8. The minimum Gasteiger partial charge on any atom is -0.598 e. The molecule has 2 aliphatic heterocycles. The van der Waals surface area contributed by atoms with Crippen molar-refractivity contribution in [1.29, 1.82) is 5.26 Å². The number of nitrogens with two attached hydrogens (primary N) is 1. The van der Waals surface area contributed by atoms with E-state index in [0.29, 0.717) is 24.4 Å². The highest BCUT2D eigenvalue weighted by atomic mass is 32.2. The average molecular weight is 393 g/mol. The third-order valence-electron chi connectivity index (χ3n) is 5.77. The van der Waals surface area contributed by atoms with Crippen LogP contribution < -0.4 is 11.2 Å². The van der Waals surface area contributed by atoms with Crippen LogP contribution in [0.2, 0.25) is 0 Å². The van der Waals surface area contributed by atoms with Gasteiger partial charge in [-0.2, -0.15) is 10.4 Å². The zero-order valence-electron chi connectivity index (χ0n) is 16.9. The van der Waals surface area contributed by atoms with E-state index in [1.54, 1.807) is 4.68 Å². The Labute approximate surface area is 164 Å². The van der Waals surface area contributed by atoms with E-state index < -0.39 is 35.2 Å². The van der Waals surface area contributed by atoms with Gasteiger partial charge in [-0.15, -0.1) is 4.31 Å². The predicted octanol–water partition coefficient (Wildman–Crippen LogP) is 0.761. The molecule has 1 aromatic heterocycles. The lowest BCUT2D eigenvalue weighted by Gasteiger charge is -2.48. The van der Waals surface area contributed by atoms with Gasteiger partial charge in [-0.1, -0.05) is 0 Å². The van der Waals surface area contributed by atoms with E-state index in [2.05, 4.69) is 11.2 Å². The number of hydrogen-bond acceptors (Lipinski definition) is 7. The lowest BCUT2D eigenvalue weighted by Crippen LogP contribution is -2.65. The summed E-state index contributed by atoms with van der Waals surface area (Å²) in [5.41, 5.74) is 5.34. The molecule has 27 heavy (non-hydrogen) atoms. The van der Waals surface area contributed by atoms with Crippen LogP contribution in [0.5, 0.6) is 0 Å². The summed E-state index contributed by atoms with van der Waals surface area (Å²) in [7, 11) is -0.608. The second-order valence-electron chi connectivity index (χ2n) is 8.68. The van der Waals surface area contributed by atoms with Gasteiger partial charge in [0.15, 0.2) is 0 Å². The van der Waals surface area contributed by atoms with Crippen LogP contribution >= 0.6 is 0 Å². The molecule has 148 valence electrons. The van der Waals surface area contributed by atoms with Gasteiger partial charge in [-0.3, -0.25) is 4.68 Å². The summed E-state index contributed by atoms with van der Waals surface area (Å²) in [6, 6.07) is 2.23. The van der Waals surface area contributed by atoms with Crippen molar-refractivity contribution in [2.45, 2.75) is 70.0 Å². The molecular weight excluding hydrogens is 365 g/mol. The molecule has 10 heteroatoms. The number of anilines is 1. The van der Waals surface area contributed by atoms with Crippen LogP contribution in [-0.2, 0) is 26.2 Å². The third-order valence-corrected chi connectivity index (χ3v) is 7.35. The Bertz CT molecular complexity index is 738. The highest BCUT2D eigenvalue weighted by Crippen LogP contribution is 2.38. The zero-order valence-corrected chi connectivity index (χ0v) is 17.7. The molecule has 0 amide bonds. The fourth-order valence-electron chi connectivity index (χ4n) is 3.32. The van der Waals surface area contributed by atoms with Gasteiger partial charge in [0.25, 0.3) is 0 Å². The molecule has 3 rings (SSSR count). The van der Waals surface area contributed by atoms with Crippen LogP contribution in [-0.4, -0.2) is 55.3 Å². The molecule has 8 nitrogen and oxygen atoms in total. The lowest BCUT2D eigenvalue weighted by molar-refractivity contribution is 0.00578. The molecule has 2 saturated heterocycles. The van der Waals surface area contributed by atoms with E-state index in [1.165, 1.54) is 0 Å². The van der Waals surface area contributed by atoms with Gasteiger partial charge in [0, 0.05) is 23.0 Å². The van der Waals surface area contributed by atoms with Crippen LogP contribution in [0.15, 0.2) is 6.20 Å². The molecular formula is C17H28BN5O3S. The highest BCUT2D eigenvalue weighted by Gasteiger charge is 2.55. The first-order valence-electron chi connectivity index (χ1n) is 9.16.